The first-order valence-electron chi connectivity index (χ1n) is 9.66. The number of amides is 1. The molecule has 1 heterocycles. The van der Waals surface area contributed by atoms with Gasteiger partial charge in [0.05, 0.1) is 4.75 Å². The van der Waals surface area contributed by atoms with Gasteiger partial charge >= 0.3 is 6.09 Å². The van der Waals surface area contributed by atoms with E-state index in [0.29, 0.717) is 26.2 Å². The summed E-state index contributed by atoms with van der Waals surface area (Å²) >= 11 is 0. The van der Waals surface area contributed by atoms with Crippen molar-refractivity contribution in [2.45, 2.75) is 58.8 Å². The molecule has 0 saturated carbocycles. The first-order valence-corrected chi connectivity index (χ1v) is 10.8. The summed E-state index contributed by atoms with van der Waals surface area (Å²) in [5.74, 6) is 0. The molecule has 1 saturated heterocycles. The van der Waals surface area contributed by atoms with Crippen LogP contribution in [0.2, 0.25) is 0 Å². The number of aryl methyl sites for hydroxylation is 1. The summed E-state index contributed by atoms with van der Waals surface area (Å²) in [7, 11) is -1.30. The van der Waals surface area contributed by atoms with E-state index in [1.54, 1.807) is 11.1 Å². The van der Waals surface area contributed by atoms with Crippen molar-refractivity contribution in [2.75, 3.05) is 31.1 Å². The first-order chi connectivity index (χ1) is 12.9. The topological polar surface area (TPSA) is 62.2 Å². The number of anilines is 1. The van der Waals surface area contributed by atoms with Gasteiger partial charge in [0.2, 0.25) is 0 Å². The smallest absolute Gasteiger partial charge is 0.410 e. The molecule has 1 aliphatic rings. The Kier molecular flexibility index (Phi) is 6.91. The molecule has 28 heavy (non-hydrogen) atoms. The first kappa shape index (κ1) is 22.4. The van der Waals surface area contributed by atoms with Crippen LogP contribution in [0.25, 0.3) is 0 Å². The lowest BCUT2D eigenvalue weighted by atomic mass is 10.1. The van der Waals surface area contributed by atoms with Gasteiger partial charge in [-0.3, -0.25) is 0 Å². The highest BCUT2D eigenvalue weighted by Crippen LogP contribution is 2.23. The summed E-state index contributed by atoms with van der Waals surface area (Å²) < 4.78 is 21.6. The number of hydrogen-bond acceptors (Lipinski definition) is 4. The molecule has 1 aromatic rings. The van der Waals surface area contributed by atoms with Gasteiger partial charge in [-0.15, -0.1) is 0 Å². The van der Waals surface area contributed by atoms with Crippen molar-refractivity contribution in [1.29, 1.82) is 0 Å². The lowest BCUT2D eigenvalue weighted by molar-refractivity contribution is 0.0240. The second-order valence-electron chi connectivity index (χ2n) is 9.11. The summed E-state index contributed by atoms with van der Waals surface area (Å²) in [5.41, 5.74) is 2.63. The van der Waals surface area contributed by atoms with Crippen molar-refractivity contribution >= 4 is 29.0 Å². The van der Waals surface area contributed by atoms with Gasteiger partial charge in [-0.05, 0) is 60.6 Å². The van der Waals surface area contributed by atoms with Crippen LogP contribution < -0.4 is 4.90 Å². The highest BCUT2D eigenvalue weighted by Gasteiger charge is 2.26. The van der Waals surface area contributed by atoms with Crippen LogP contribution in [0, 0.1) is 6.92 Å². The van der Waals surface area contributed by atoms with E-state index in [0.717, 1.165) is 16.8 Å². The third-order valence-electron chi connectivity index (χ3n) is 4.27. The zero-order chi connectivity index (χ0) is 21.1. The fourth-order valence-electron chi connectivity index (χ4n) is 2.78. The largest absolute Gasteiger partial charge is 0.444 e. The Hall–Kier alpha value is -1.89. The minimum atomic E-state index is -1.30. The predicted octanol–water partition coefficient (Wildman–Crippen LogP) is 3.93. The molecule has 2 rings (SSSR count). The van der Waals surface area contributed by atoms with E-state index in [1.807, 2.05) is 48.5 Å². The second kappa shape index (κ2) is 8.64. The van der Waals surface area contributed by atoms with Crippen LogP contribution >= 0.6 is 0 Å². The van der Waals surface area contributed by atoms with Crippen LogP contribution in [-0.2, 0) is 15.7 Å². The van der Waals surface area contributed by atoms with Gasteiger partial charge in [-0.25, -0.2) is 9.00 Å². The maximum absolute atomic E-state index is 12.3. The van der Waals surface area contributed by atoms with Crippen molar-refractivity contribution in [1.82, 2.24) is 4.90 Å². The van der Waals surface area contributed by atoms with E-state index < -0.39 is 16.6 Å². The van der Waals surface area contributed by atoms with Crippen LogP contribution in [0.4, 0.5) is 10.5 Å². The minimum Gasteiger partial charge on any atom is -0.444 e. The quantitative estimate of drug-likeness (QED) is 0.712. The van der Waals surface area contributed by atoms with Crippen molar-refractivity contribution in [3.8, 4) is 0 Å². The van der Waals surface area contributed by atoms with Crippen molar-refractivity contribution in [3.63, 3.8) is 0 Å². The Morgan fingerprint density at radius 2 is 1.71 bits per heavy atom. The lowest BCUT2D eigenvalue weighted by Crippen LogP contribution is -2.50. The predicted molar refractivity (Wildman–Crippen MR) is 117 cm³/mol. The van der Waals surface area contributed by atoms with Gasteiger partial charge in [0.15, 0.2) is 0 Å². The average molecular weight is 408 g/mol. The molecule has 7 heteroatoms. The molecule has 0 bridgehead atoms. The van der Waals surface area contributed by atoms with Gasteiger partial charge < -0.3 is 14.5 Å². The second-order valence-corrected chi connectivity index (χ2v) is 11.0. The monoisotopic (exact) mass is 407 g/mol. The SMILES string of the molecule is Cc1ccc(N2CCN(C(=O)OC(C)(C)C)CC2)c(/C=N/S(=O)C(C)(C)C)c1. The van der Waals surface area contributed by atoms with Crippen molar-refractivity contribution in [2.24, 2.45) is 4.40 Å². The Labute approximate surface area is 171 Å². The molecule has 1 amide bonds. The van der Waals surface area contributed by atoms with Gasteiger partial charge in [0, 0.05) is 43.6 Å². The summed E-state index contributed by atoms with van der Waals surface area (Å²) in [4.78, 5) is 16.3. The summed E-state index contributed by atoms with van der Waals surface area (Å²) in [6, 6.07) is 6.19. The number of rotatable bonds is 3. The number of carbonyl (C=O) groups is 1. The zero-order valence-electron chi connectivity index (χ0n) is 18.1. The summed E-state index contributed by atoms with van der Waals surface area (Å²) in [6.45, 7) is 16.0. The number of carbonyl (C=O) groups excluding carboxylic acids is 1. The molecule has 1 aliphatic heterocycles. The van der Waals surface area contributed by atoms with Gasteiger partial charge in [-0.2, -0.15) is 4.40 Å². The number of piperazine rings is 1. The van der Waals surface area contributed by atoms with E-state index in [4.69, 9.17) is 4.74 Å². The summed E-state index contributed by atoms with van der Waals surface area (Å²) in [5, 5.41) is 0. The number of benzene rings is 1. The van der Waals surface area contributed by atoms with Gasteiger partial charge in [-0.1, -0.05) is 11.6 Å². The molecule has 0 radical (unpaired) electrons. The molecule has 0 N–H and O–H groups in total. The van der Waals surface area contributed by atoms with E-state index >= 15 is 0 Å². The molecule has 1 unspecified atom stereocenters. The molecule has 1 aromatic carbocycles. The van der Waals surface area contributed by atoms with Crippen LogP contribution in [-0.4, -0.2) is 57.9 Å². The molecular formula is C21H33N3O3S. The van der Waals surface area contributed by atoms with Crippen LogP contribution in [0.15, 0.2) is 22.6 Å². The maximum Gasteiger partial charge on any atom is 0.410 e. The Bertz CT molecular complexity index is 755. The van der Waals surface area contributed by atoms with Crippen molar-refractivity contribution in [3.05, 3.63) is 29.3 Å². The summed E-state index contributed by atoms with van der Waals surface area (Å²) in [6.07, 6.45) is 1.45. The lowest BCUT2D eigenvalue weighted by Gasteiger charge is -2.37. The highest BCUT2D eigenvalue weighted by molar-refractivity contribution is 7.85. The maximum atomic E-state index is 12.3. The Balaban J connectivity index is 2.12. The molecule has 0 aromatic heterocycles. The van der Waals surface area contributed by atoms with Crippen LogP contribution in [0.5, 0.6) is 0 Å². The Morgan fingerprint density at radius 3 is 2.25 bits per heavy atom. The molecule has 1 atom stereocenters. The highest BCUT2D eigenvalue weighted by atomic mass is 32.2. The standard InChI is InChI=1S/C21H33N3O3S/c1-16-8-9-18(17(14-16)15-22-28(26)21(5,6)7)23-10-12-24(13-11-23)19(25)27-20(2,3)4/h8-9,14-15H,10-13H2,1-7H3/b22-15+. The van der Waals surface area contributed by atoms with Gasteiger partial charge in [0.1, 0.15) is 16.6 Å². The fourth-order valence-corrected chi connectivity index (χ4v) is 3.31. The third kappa shape index (κ3) is 6.33. The molecular weight excluding hydrogens is 374 g/mol. The van der Waals surface area contributed by atoms with Gasteiger partial charge in [0.25, 0.3) is 0 Å². The van der Waals surface area contributed by atoms with Crippen LogP contribution in [0.1, 0.15) is 52.7 Å². The number of nitrogens with zero attached hydrogens (tertiary/aromatic N) is 3. The third-order valence-corrected chi connectivity index (χ3v) is 5.61. The van der Waals surface area contributed by atoms with E-state index in [1.165, 1.54) is 0 Å². The number of hydrogen-bond donors (Lipinski definition) is 0. The molecule has 6 nitrogen and oxygen atoms in total. The molecule has 0 spiro atoms. The molecule has 0 aliphatic carbocycles. The van der Waals surface area contributed by atoms with Crippen molar-refractivity contribution < 1.29 is 13.7 Å². The fraction of sp³-hybridized carbons (Fsp3) is 0.619. The minimum absolute atomic E-state index is 0.265. The van der Waals surface area contributed by atoms with Crippen LogP contribution in [0.3, 0.4) is 0 Å². The van der Waals surface area contributed by atoms with E-state index in [2.05, 4.69) is 27.5 Å². The van der Waals surface area contributed by atoms with E-state index in [-0.39, 0.29) is 10.8 Å². The average Bonchev–Trinajstić information content (AvgIpc) is 2.57. The Morgan fingerprint density at radius 1 is 1.11 bits per heavy atom. The molecule has 156 valence electrons. The normalized spacial score (nSPS) is 17.1. The zero-order valence-corrected chi connectivity index (χ0v) is 18.9. The number of ether oxygens (including phenoxy) is 1. The molecule has 1 fully saturated rings. The van der Waals surface area contributed by atoms with E-state index in [9.17, 15) is 9.00 Å².